The van der Waals surface area contributed by atoms with E-state index in [-0.39, 0.29) is 10.7 Å². The quantitative estimate of drug-likeness (QED) is 0.704. The van der Waals surface area contributed by atoms with Crippen LogP contribution in [0.25, 0.3) is 6.08 Å². The molecule has 2 aliphatic rings. The van der Waals surface area contributed by atoms with E-state index in [0.717, 1.165) is 44.8 Å². The zero-order chi connectivity index (χ0) is 21.1. The van der Waals surface area contributed by atoms with Gasteiger partial charge in [-0.25, -0.2) is 12.8 Å². The van der Waals surface area contributed by atoms with E-state index in [1.165, 1.54) is 23.5 Å². The Hall–Kier alpha value is -2.58. The maximum absolute atomic E-state index is 13.1. The average Bonchev–Trinajstić information content (AvgIpc) is 2.76. The molecular formula is C22H26FN3O3S. The van der Waals surface area contributed by atoms with E-state index in [1.54, 1.807) is 30.5 Å². The molecule has 2 aliphatic heterocycles. The predicted octanol–water partition coefficient (Wildman–Crippen LogP) is 3.02. The Bertz CT molecular complexity index is 1020. The molecule has 0 atom stereocenters. The van der Waals surface area contributed by atoms with Gasteiger partial charge in [0.05, 0.1) is 12.0 Å². The zero-order valence-electron chi connectivity index (χ0n) is 17.0. The molecule has 1 fully saturated rings. The number of benzene rings is 2. The third kappa shape index (κ3) is 4.15. The van der Waals surface area contributed by atoms with Crippen molar-refractivity contribution in [1.29, 1.82) is 0 Å². The summed E-state index contributed by atoms with van der Waals surface area (Å²) in [7, 11) is -2.02. The second kappa shape index (κ2) is 8.65. The van der Waals surface area contributed by atoms with Crippen LogP contribution in [0.1, 0.15) is 12.0 Å². The molecule has 160 valence electrons. The van der Waals surface area contributed by atoms with Gasteiger partial charge in [-0.05, 0) is 48.9 Å². The van der Waals surface area contributed by atoms with E-state index in [0.29, 0.717) is 17.9 Å². The Balaban J connectivity index is 1.30. The molecule has 2 aromatic rings. The van der Waals surface area contributed by atoms with Gasteiger partial charge in [0.2, 0.25) is 0 Å². The summed E-state index contributed by atoms with van der Waals surface area (Å²) in [6, 6.07) is 11.7. The topological polar surface area (TPSA) is 53.1 Å². The van der Waals surface area contributed by atoms with Crippen LogP contribution in [0.5, 0.6) is 5.75 Å². The molecule has 30 heavy (non-hydrogen) atoms. The van der Waals surface area contributed by atoms with Crippen molar-refractivity contribution in [2.24, 2.45) is 0 Å². The van der Waals surface area contributed by atoms with Crippen LogP contribution in [-0.4, -0.2) is 64.0 Å². The highest BCUT2D eigenvalue weighted by atomic mass is 32.2. The summed E-state index contributed by atoms with van der Waals surface area (Å²) in [4.78, 5) is 4.88. The Kier molecular flexibility index (Phi) is 5.97. The summed E-state index contributed by atoms with van der Waals surface area (Å²) in [5.74, 6) is 0.339. The molecule has 1 saturated heterocycles. The highest BCUT2D eigenvalue weighted by Gasteiger charge is 2.29. The minimum Gasteiger partial charge on any atom is -0.496 e. The molecule has 0 aromatic heterocycles. The van der Waals surface area contributed by atoms with Crippen molar-refractivity contribution in [2.75, 3.05) is 51.3 Å². The highest BCUT2D eigenvalue weighted by Crippen LogP contribution is 2.33. The predicted molar refractivity (Wildman–Crippen MR) is 116 cm³/mol. The smallest absolute Gasteiger partial charge is 0.264 e. The Labute approximate surface area is 177 Å². The van der Waals surface area contributed by atoms with Gasteiger partial charge in [-0.1, -0.05) is 6.07 Å². The number of hydrogen-bond donors (Lipinski definition) is 0. The molecule has 0 aliphatic carbocycles. The van der Waals surface area contributed by atoms with E-state index >= 15 is 0 Å². The second-order valence-electron chi connectivity index (χ2n) is 7.46. The molecule has 0 spiro atoms. The van der Waals surface area contributed by atoms with Gasteiger partial charge in [0.1, 0.15) is 11.6 Å². The van der Waals surface area contributed by atoms with Crippen molar-refractivity contribution >= 4 is 21.8 Å². The van der Waals surface area contributed by atoms with E-state index in [4.69, 9.17) is 4.74 Å². The number of piperazine rings is 1. The standard InChI is InChI=1S/C22H26FN3O3S/c1-29-21-4-2-5-22-20(21)10-13-26(30(22,27)28)12-3-11-24-14-16-25(17-15-24)19-8-6-18(23)7-9-19/h2,4-10,13H,3,11-12,14-17H2,1H3. The number of sulfonamides is 1. The minimum absolute atomic E-state index is 0.222. The number of nitrogens with zero attached hydrogens (tertiary/aromatic N) is 3. The summed E-state index contributed by atoms with van der Waals surface area (Å²) in [6.45, 7) is 4.83. The van der Waals surface area contributed by atoms with Crippen LogP contribution in [0.2, 0.25) is 0 Å². The number of halogens is 1. The first-order valence-electron chi connectivity index (χ1n) is 10.1. The molecule has 4 rings (SSSR count). The Morgan fingerprint density at radius 3 is 2.43 bits per heavy atom. The molecule has 6 nitrogen and oxygen atoms in total. The van der Waals surface area contributed by atoms with Crippen molar-refractivity contribution < 1.29 is 17.5 Å². The van der Waals surface area contributed by atoms with Crippen LogP contribution in [0.3, 0.4) is 0 Å². The van der Waals surface area contributed by atoms with E-state index in [1.807, 2.05) is 12.1 Å². The van der Waals surface area contributed by atoms with Crippen LogP contribution in [0, 0.1) is 5.82 Å². The summed E-state index contributed by atoms with van der Waals surface area (Å²) in [5.41, 5.74) is 1.64. The molecule has 0 N–H and O–H groups in total. The Morgan fingerprint density at radius 2 is 1.73 bits per heavy atom. The fraction of sp³-hybridized carbons (Fsp3) is 0.364. The van der Waals surface area contributed by atoms with Gasteiger partial charge in [-0.15, -0.1) is 0 Å². The molecular weight excluding hydrogens is 405 g/mol. The van der Waals surface area contributed by atoms with E-state index in [2.05, 4.69) is 9.80 Å². The van der Waals surface area contributed by atoms with Crippen LogP contribution in [0.4, 0.5) is 10.1 Å². The number of ether oxygens (including phenoxy) is 1. The van der Waals surface area contributed by atoms with Crippen LogP contribution in [-0.2, 0) is 10.0 Å². The largest absolute Gasteiger partial charge is 0.496 e. The lowest BCUT2D eigenvalue weighted by molar-refractivity contribution is 0.250. The van der Waals surface area contributed by atoms with E-state index < -0.39 is 10.0 Å². The summed E-state index contributed by atoms with van der Waals surface area (Å²) in [5, 5.41) is 0. The maximum atomic E-state index is 13.1. The number of anilines is 1. The van der Waals surface area contributed by atoms with Crippen LogP contribution < -0.4 is 9.64 Å². The molecule has 0 amide bonds. The van der Waals surface area contributed by atoms with Gasteiger partial charge < -0.3 is 9.64 Å². The molecule has 2 heterocycles. The number of hydrogen-bond acceptors (Lipinski definition) is 5. The van der Waals surface area contributed by atoms with Gasteiger partial charge in [0.25, 0.3) is 10.0 Å². The lowest BCUT2D eigenvalue weighted by Gasteiger charge is -2.36. The van der Waals surface area contributed by atoms with Gasteiger partial charge in [-0.3, -0.25) is 9.21 Å². The average molecular weight is 432 g/mol. The van der Waals surface area contributed by atoms with Crippen molar-refractivity contribution in [3.05, 3.63) is 60.0 Å². The number of fused-ring (bicyclic) bond motifs is 1. The van der Waals surface area contributed by atoms with Gasteiger partial charge in [0, 0.05) is 56.7 Å². The third-order valence-corrected chi connectivity index (χ3v) is 7.49. The Morgan fingerprint density at radius 1 is 1.00 bits per heavy atom. The molecule has 0 unspecified atom stereocenters. The first-order chi connectivity index (χ1) is 14.5. The lowest BCUT2D eigenvalue weighted by Crippen LogP contribution is -2.47. The third-order valence-electron chi connectivity index (χ3n) is 5.66. The molecule has 0 radical (unpaired) electrons. The lowest BCUT2D eigenvalue weighted by atomic mass is 10.2. The van der Waals surface area contributed by atoms with Gasteiger partial charge in [-0.2, -0.15) is 0 Å². The van der Waals surface area contributed by atoms with Crippen molar-refractivity contribution in [3.8, 4) is 5.75 Å². The molecule has 8 heteroatoms. The first kappa shape index (κ1) is 20.7. The second-order valence-corrected chi connectivity index (χ2v) is 9.32. The van der Waals surface area contributed by atoms with Crippen molar-refractivity contribution in [2.45, 2.75) is 11.3 Å². The van der Waals surface area contributed by atoms with Crippen LogP contribution >= 0.6 is 0 Å². The molecule has 0 saturated carbocycles. The summed E-state index contributed by atoms with van der Waals surface area (Å²) >= 11 is 0. The zero-order valence-corrected chi connectivity index (χ0v) is 17.8. The van der Waals surface area contributed by atoms with Crippen LogP contribution in [0.15, 0.2) is 53.6 Å². The van der Waals surface area contributed by atoms with Crippen molar-refractivity contribution in [1.82, 2.24) is 9.21 Å². The van der Waals surface area contributed by atoms with Crippen molar-refractivity contribution in [3.63, 3.8) is 0 Å². The first-order valence-corrected chi connectivity index (χ1v) is 11.5. The molecule has 0 bridgehead atoms. The summed E-state index contributed by atoms with van der Waals surface area (Å²) < 4.78 is 45.7. The summed E-state index contributed by atoms with van der Waals surface area (Å²) in [6.07, 6.45) is 4.18. The fourth-order valence-corrected chi connectivity index (χ4v) is 5.52. The number of methoxy groups -OCH3 is 1. The molecule has 2 aromatic carbocycles. The van der Waals surface area contributed by atoms with E-state index in [9.17, 15) is 12.8 Å². The monoisotopic (exact) mass is 431 g/mol. The normalized spacial score (nSPS) is 18.3. The highest BCUT2D eigenvalue weighted by molar-refractivity contribution is 7.89. The SMILES string of the molecule is COc1cccc2c1C=CN(CCCN1CCN(c3ccc(F)cc3)CC1)S2(=O)=O. The fourth-order valence-electron chi connectivity index (χ4n) is 3.98. The van der Waals surface area contributed by atoms with Gasteiger partial charge >= 0.3 is 0 Å². The number of rotatable bonds is 6. The maximum Gasteiger partial charge on any atom is 0.264 e. The minimum atomic E-state index is -3.56. The van der Waals surface area contributed by atoms with Gasteiger partial charge in [0.15, 0.2) is 0 Å².